The van der Waals surface area contributed by atoms with Crippen molar-refractivity contribution in [2.24, 2.45) is 4.99 Å². The highest BCUT2D eigenvalue weighted by Crippen LogP contribution is 2.36. The van der Waals surface area contributed by atoms with Crippen LogP contribution in [0, 0.1) is 6.92 Å². The molecule has 1 aliphatic rings. The number of carbonyl (C=O) groups is 1. The minimum Gasteiger partial charge on any atom is -0.457 e. The van der Waals surface area contributed by atoms with Gasteiger partial charge in [-0.15, -0.1) is 0 Å². The van der Waals surface area contributed by atoms with Crippen LogP contribution >= 0.6 is 35.0 Å². The third-order valence-corrected chi connectivity index (χ3v) is 6.11. The van der Waals surface area contributed by atoms with Gasteiger partial charge in [0.25, 0.3) is 5.91 Å². The molecule has 4 rings (SSSR count). The molecule has 1 saturated heterocycles. The quantitative estimate of drug-likeness (QED) is 0.390. The van der Waals surface area contributed by atoms with Crippen molar-refractivity contribution in [3.05, 3.63) is 80.9 Å². The van der Waals surface area contributed by atoms with E-state index in [0.717, 1.165) is 16.8 Å². The Balaban J connectivity index is 1.62. The molecule has 2 aromatic carbocycles. The SMILES string of the molecule is CCN1C(=O)/C(=C\c2ccc(-c3ccc(Cl)cc3Cl)o2)SC1=Nc1ccc(C)cc1. The van der Waals surface area contributed by atoms with Crippen molar-refractivity contribution in [3.8, 4) is 11.3 Å². The number of furan rings is 1. The Morgan fingerprint density at radius 2 is 1.87 bits per heavy atom. The lowest BCUT2D eigenvalue weighted by Gasteiger charge is -2.11. The molecule has 1 aliphatic heterocycles. The normalized spacial score (nSPS) is 16.8. The molecule has 1 fully saturated rings. The van der Waals surface area contributed by atoms with Crippen LogP contribution in [0.4, 0.5) is 5.69 Å². The number of amidine groups is 1. The zero-order valence-corrected chi connectivity index (χ0v) is 18.7. The Labute approximate surface area is 189 Å². The predicted octanol–water partition coefficient (Wildman–Crippen LogP) is 7.19. The number of rotatable bonds is 4. The molecule has 0 atom stereocenters. The average molecular weight is 457 g/mol. The molecule has 0 N–H and O–H groups in total. The van der Waals surface area contributed by atoms with Crippen molar-refractivity contribution in [2.75, 3.05) is 6.54 Å². The van der Waals surface area contributed by atoms with Crippen LogP contribution in [0.5, 0.6) is 0 Å². The summed E-state index contributed by atoms with van der Waals surface area (Å²) in [6.45, 7) is 4.50. The molecule has 0 unspecified atom stereocenters. The second-order valence-electron chi connectivity index (χ2n) is 6.72. The summed E-state index contributed by atoms with van der Waals surface area (Å²) >= 11 is 13.6. The molecule has 0 spiro atoms. The molecule has 4 nitrogen and oxygen atoms in total. The van der Waals surface area contributed by atoms with Crippen LogP contribution in [0.1, 0.15) is 18.2 Å². The van der Waals surface area contributed by atoms with Crippen LogP contribution in [0.3, 0.4) is 0 Å². The number of aliphatic imine (C=N–C) groups is 1. The maximum absolute atomic E-state index is 12.8. The molecule has 7 heteroatoms. The highest BCUT2D eigenvalue weighted by atomic mass is 35.5. The predicted molar refractivity (Wildman–Crippen MR) is 125 cm³/mol. The first-order valence-electron chi connectivity index (χ1n) is 9.36. The molecule has 0 radical (unpaired) electrons. The summed E-state index contributed by atoms with van der Waals surface area (Å²) in [6.07, 6.45) is 1.74. The average Bonchev–Trinajstić information content (AvgIpc) is 3.28. The van der Waals surface area contributed by atoms with Gasteiger partial charge in [0.2, 0.25) is 0 Å². The van der Waals surface area contributed by atoms with Gasteiger partial charge in [0.05, 0.1) is 15.6 Å². The third-order valence-electron chi connectivity index (χ3n) is 4.56. The van der Waals surface area contributed by atoms with E-state index in [9.17, 15) is 4.79 Å². The number of thioether (sulfide) groups is 1. The Morgan fingerprint density at radius 1 is 1.10 bits per heavy atom. The van der Waals surface area contributed by atoms with Gasteiger partial charge in [-0.05, 0) is 68.1 Å². The van der Waals surface area contributed by atoms with E-state index < -0.39 is 0 Å². The van der Waals surface area contributed by atoms with Gasteiger partial charge in [0, 0.05) is 23.2 Å². The Bertz CT molecular complexity index is 1170. The summed E-state index contributed by atoms with van der Waals surface area (Å²) < 4.78 is 5.91. The Morgan fingerprint density at radius 3 is 2.57 bits per heavy atom. The molecular weight excluding hydrogens is 439 g/mol. The molecule has 1 aromatic heterocycles. The molecule has 2 heterocycles. The van der Waals surface area contributed by atoms with E-state index in [1.54, 1.807) is 29.2 Å². The summed E-state index contributed by atoms with van der Waals surface area (Å²) in [5.41, 5.74) is 2.72. The lowest BCUT2D eigenvalue weighted by Crippen LogP contribution is -2.28. The first-order valence-corrected chi connectivity index (χ1v) is 10.9. The van der Waals surface area contributed by atoms with Crippen molar-refractivity contribution < 1.29 is 9.21 Å². The van der Waals surface area contributed by atoms with Crippen LogP contribution in [-0.4, -0.2) is 22.5 Å². The molecule has 30 heavy (non-hydrogen) atoms. The largest absolute Gasteiger partial charge is 0.457 e. The van der Waals surface area contributed by atoms with E-state index in [1.165, 1.54) is 11.8 Å². The molecule has 152 valence electrons. The van der Waals surface area contributed by atoms with Gasteiger partial charge in [0.15, 0.2) is 5.17 Å². The monoisotopic (exact) mass is 456 g/mol. The number of likely N-dealkylation sites (N-methyl/N-ethyl adjacent to an activating group) is 1. The smallest absolute Gasteiger partial charge is 0.266 e. The van der Waals surface area contributed by atoms with Gasteiger partial charge < -0.3 is 4.42 Å². The van der Waals surface area contributed by atoms with Gasteiger partial charge in [-0.25, -0.2) is 4.99 Å². The number of hydrogen-bond donors (Lipinski definition) is 0. The summed E-state index contributed by atoms with van der Waals surface area (Å²) in [5.74, 6) is 1.09. The second kappa shape index (κ2) is 8.72. The van der Waals surface area contributed by atoms with Crippen molar-refractivity contribution in [3.63, 3.8) is 0 Å². The minimum atomic E-state index is -0.0872. The molecule has 0 saturated carbocycles. The number of hydrogen-bond acceptors (Lipinski definition) is 4. The van der Waals surface area contributed by atoms with E-state index in [2.05, 4.69) is 4.99 Å². The number of carbonyl (C=O) groups excluding carboxylic acids is 1. The zero-order chi connectivity index (χ0) is 21.3. The van der Waals surface area contributed by atoms with E-state index in [1.807, 2.05) is 50.2 Å². The van der Waals surface area contributed by atoms with E-state index in [4.69, 9.17) is 27.6 Å². The van der Waals surface area contributed by atoms with Gasteiger partial charge in [-0.3, -0.25) is 9.69 Å². The summed E-state index contributed by atoms with van der Waals surface area (Å²) in [5, 5.41) is 1.72. The van der Waals surface area contributed by atoms with Gasteiger partial charge >= 0.3 is 0 Å². The summed E-state index contributed by atoms with van der Waals surface area (Å²) in [4.78, 5) is 19.7. The van der Waals surface area contributed by atoms with E-state index in [-0.39, 0.29) is 5.91 Å². The maximum Gasteiger partial charge on any atom is 0.266 e. The van der Waals surface area contributed by atoms with Crippen LogP contribution in [0.15, 0.2) is 68.9 Å². The zero-order valence-electron chi connectivity index (χ0n) is 16.4. The molecule has 1 amide bonds. The summed E-state index contributed by atoms with van der Waals surface area (Å²) in [6, 6.07) is 16.8. The van der Waals surface area contributed by atoms with Gasteiger partial charge in [0.1, 0.15) is 11.5 Å². The van der Waals surface area contributed by atoms with Crippen LogP contribution < -0.4 is 0 Å². The number of nitrogens with zero attached hydrogens (tertiary/aromatic N) is 2. The highest BCUT2D eigenvalue weighted by Gasteiger charge is 2.32. The van der Waals surface area contributed by atoms with Crippen molar-refractivity contribution >= 4 is 57.8 Å². The summed E-state index contributed by atoms with van der Waals surface area (Å²) in [7, 11) is 0. The van der Waals surface area contributed by atoms with Crippen molar-refractivity contribution in [1.82, 2.24) is 4.90 Å². The first kappa shape index (κ1) is 20.8. The number of aryl methyl sites for hydroxylation is 1. The fraction of sp³-hybridized carbons (Fsp3) is 0.130. The second-order valence-corrected chi connectivity index (χ2v) is 8.57. The van der Waals surface area contributed by atoms with Crippen LogP contribution in [-0.2, 0) is 4.79 Å². The van der Waals surface area contributed by atoms with Crippen molar-refractivity contribution in [2.45, 2.75) is 13.8 Å². The maximum atomic E-state index is 12.8. The Hall–Kier alpha value is -2.47. The molecular formula is C23H18Cl2N2O2S. The number of benzene rings is 2. The van der Waals surface area contributed by atoms with E-state index in [0.29, 0.717) is 38.2 Å². The third kappa shape index (κ3) is 4.33. The molecule has 3 aromatic rings. The minimum absolute atomic E-state index is 0.0872. The van der Waals surface area contributed by atoms with E-state index >= 15 is 0 Å². The fourth-order valence-electron chi connectivity index (χ4n) is 2.99. The molecule has 0 bridgehead atoms. The Kier molecular flexibility index (Phi) is 6.04. The topological polar surface area (TPSA) is 45.8 Å². The number of halogens is 2. The van der Waals surface area contributed by atoms with Gasteiger partial charge in [-0.2, -0.15) is 0 Å². The lowest BCUT2D eigenvalue weighted by atomic mass is 10.2. The van der Waals surface area contributed by atoms with Crippen LogP contribution in [0.2, 0.25) is 10.0 Å². The lowest BCUT2D eigenvalue weighted by molar-refractivity contribution is -0.122. The first-order chi connectivity index (χ1) is 14.4. The van der Waals surface area contributed by atoms with Crippen LogP contribution in [0.25, 0.3) is 17.4 Å². The fourth-order valence-corrected chi connectivity index (χ4v) is 4.54. The highest BCUT2D eigenvalue weighted by molar-refractivity contribution is 8.18. The van der Waals surface area contributed by atoms with Crippen molar-refractivity contribution in [1.29, 1.82) is 0 Å². The van der Waals surface area contributed by atoms with Gasteiger partial charge in [-0.1, -0.05) is 40.9 Å². The number of amides is 1. The standard InChI is InChI=1S/C23H18Cl2N2O2S/c1-3-27-22(28)21(30-23(27)26-16-7-4-14(2)5-8-16)13-17-9-11-20(29-17)18-10-6-15(24)12-19(18)25/h4-13H,3H2,1-2H3/b21-13+,26-23?. The molecule has 0 aliphatic carbocycles.